The molecule has 1 fully saturated rings. The maximum Gasteiger partial charge on any atom is 0.337 e. The second kappa shape index (κ2) is 9.32. The molecule has 0 bridgehead atoms. The molecular formula is C24H26N4O5. The Morgan fingerprint density at radius 1 is 1.09 bits per heavy atom. The molecule has 0 radical (unpaired) electrons. The molecule has 4 rings (SSSR count). The summed E-state index contributed by atoms with van der Waals surface area (Å²) in [6, 6.07) is 12.2. The van der Waals surface area contributed by atoms with Crippen LogP contribution in [0.25, 0.3) is 10.9 Å². The van der Waals surface area contributed by atoms with E-state index in [1.165, 1.54) is 7.11 Å². The lowest BCUT2D eigenvalue weighted by molar-refractivity contribution is -0.122. The van der Waals surface area contributed by atoms with E-state index in [2.05, 4.69) is 0 Å². The molecule has 2 aromatic carbocycles. The number of aromatic nitrogens is 2. The van der Waals surface area contributed by atoms with Crippen LogP contribution in [-0.2, 0) is 16.1 Å². The third kappa shape index (κ3) is 4.52. The SMILES string of the molecule is COC(=O)c1ccc2c(=O)n(Cc3ccc(OC)cc3)c(N3CCC(C(N)=O)CC3)nc2c1. The number of amides is 1. The van der Waals surface area contributed by atoms with E-state index in [9.17, 15) is 14.4 Å². The molecule has 0 saturated carbocycles. The lowest BCUT2D eigenvalue weighted by Crippen LogP contribution is -2.41. The van der Waals surface area contributed by atoms with Crippen LogP contribution in [0.2, 0.25) is 0 Å². The standard InChI is InChI=1S/C24H26N4O5/c1-32-18-6-3-15(4-7-18)14-28-22(30)19-8-5-17(23(31)33-2)13-20(19)26-24(28)27-11-9-16(10-12-27)21(25)29/h3-8,13,16H,9-12,14H2,1-2H3,(H2,25,29). The van der Waals surface area contributed by atoms with Gasteiger partial charge in [-0.05, 0) is 48.7 Å². The van der Waals surface area contributed by atoms with E-state index in [0.717, 1.165) is 11.3 Å². The van der Waals surface area contributed by atoms with E-state index >= 15 is 0 Å². The summed E-state index contributed by atoms with van der Waals surface area (Å²) in [7, 11) is 2.91. The van der Waals surface area contributed by atoms with Gasteiger partial charge in [-0.1, -0.05) is 12.1 Å². The highest BCUT2D eigenvalue weighted by Gasteiger charge is 2.26. The van der Waals surface area contributed by atoms with Gasteiger partial charge in [0.25, 0.3) is 5.56 Å². The predicted molar refractivity (Wildman–Crippen MR) is 124 cm³/mol. The van der Waals surface area contributed by atoms with Crippen molar-refractivity contribution >= 4 is 28.7 Å². The van der Waals surface area contributed by atoms with Crippen LogP contribution in [0.1, 0.15) is 28.8 Å². The van der Waals surface area contributed by atoms with Crippen molar-refractivity contribution < 1.29 is 19.1 Å². The van der Waals surface area contributed by atoms with Gasteiger partial charge in [-0.2, -0.15) is 0 Å². The molecular weight excluding hydrogens is 424 g/mol. The van der Waals surface area contributed by atoms with Gasteiger partial charge in [0.05, 0.1) is 37.2 Å². The minimum absolute atomic E-state index is 0.186. The van der Waals surface area contributed by atoms with Crippen molar-refractivity contribution in [2.75, 3.05) is 32.2 Å². The minimum atomic E-state index is -0.495. The van der Waals surface area contributed by atoms with Crippen LogP contribution in [0, 0.1) is 5.92 Å². The molecule has 2 N–H and O–H groups in total. The Labute approximate surface area is 190 Å². The fourth-order valence-electron chi connectivity index (χ4n) is 4.12. The third-order valence-corrected chi connectivity index (χ3v) is 6.04. The zero-order chi connectivity index (χ0) is 23.5. The first kappa shape index (κ1) is 22.3. The number of nitrogens with two attached hydrogens (primary N) is 1. The minimum Gasteiger partial charge on any atom is -0.497 e. The van der Waals surface area contributed by atoms with Gasteiger partial charge in [0, 0.05) is 19.0 Å². The smallest absolute Gasteiger partial charge is 0.337 e. The van der Waals surface area contributed by atoms with Crippen LogP contribution in [0.5, 0.6) is 5.75 Å². The summed E-state index contributed by atoms with van der Waals surface area (Å²) < 4.78 is 11.7. The number of primary amides is 1. The quantitative estimate of drug-likeness (QED) is 0.571. The van der Waals surface area contributed by atoms with Gasteiger partial charge < -0.3 is 20.1 Å². The third-order valence-electron chi connectivity index (χ3n) is 6.04. The van der Waals surface area contributed by atoms with Crippen molar-refractivity contribution in [3.8, 4) is 5.75 Å². The number of carbonyl (C=O) groups is 2. The number of anilines is 1. The van der Waals surface area contributed by atoms with Gasteiger partial charge in [-0.3, -0.25) is 14.2 Å². The van der Waals surface area contributed by atoms with Crippen LogP contribution < -0.4 is 20.9 Å². The van der Waals surface area contributed by atoms with Crippen LogP contribution in [-0.4, -0.2) is 48.7 Å². The van der Waals surface area contributed by atoms with Gasteiger partial charge in [0.2, 0.25) is 11.9 Å². The highest BCUT2D eigenvalue weighted by Crippen LogP contribution is 2.24. The van der Waals surface area contributed by atoms with Gasteiger partial charge >= 0.3 is 5.97 Å². The Balaban J connectivity index is 1.79. The monoisotopic (exact) mass is 450 g/mol. The highest BCUT2D eigenvalue weighted by atomic mass is 16.5. The zero-order valence-corrected chi connectivity index (χ0v) is 18.6. The number of hydrogen-bond donors (Lipinski definition) is 1. The molecule has 1 aliphatic heterocycles. The molecule has 0 unspecified atom stereocenters. The fraction of sp³-hybridized carbons (Fsp3) is 0.333. The van der Waals surface area contributed by atoms with Crippen molar-refractivity contribution in [3.05, 3.63) is 63.9 Å². The maximum absolute atomic E-state index is 13.5. The first-order valence-corrected chi connectivity index (χ1v) is 10.7. The number of nitrogens with zero attached hydrogens (tertiary/aromatic N) is 3. The molecule has 2 heterocycles. The van der Waals surface area contributed by atoms with Crippen molar-refractivity contribution in [2.24, 2.45) is 11.7 Å². The molecule has 0 spiro atoms. The summed E-state index contributed by atoms with van der Waals surface area (Å²) in [5.74, 6) is 0.235. The van der Waals surface area contributed by atoms with Crippen LogP contribution in [0.15, 0.2) is 47.3 Å². The number of carbonyl (C=O) groups excluding carboxylic acids is 2. The van der Waals surface area contributed by atoms with Gasteiger partial charge in [-0.25, -0.2) is 9.78 Å². The molecule has 1 aromatic heterocycles. The molecule has 172 valence electrons. The summed E-state index contributed by atoms with van der Waals surface area (Å²) in [5, 5.41) is 0.409. The molecule has 9 nitrogen and oxygen atoms in total. The number of fused-ring (bicyclic) bond motifs is 1. The van der Waals surface area contributed by atoms with E-state index < -0.39 is 5.97 Å². The van der Waals surface area contributed by atoms with E-state index in [1.807, 2.05) is 29.2 Å². The first-order chi connectivity index (χ1) is 15.9. The Morgan fingerprint density at radius 3 is 2.39 bits per heavy atom. The number of esters is 1. The molecule has 3 aromatic rings. The number of benzene rings is 2. The normalized spacial score (nSPS) is 14.3. The Kier molecular flexibility index (Phi) is 6.30. The lowest BCUT2D eigenvalue weighted by Gasteiger charge is -2.33. The summed E-state index contributed by atoms with van der Waals surface area (Å²) in [6.45, 7) is 1.41. The van der Waals surface area contributed by atoms with Crippen molar-refractivity contribution in [1.29, 1.82) is 0 Å². The van der Waals surface area contributed by atoms with Crippen LogP contribution >= 0.6 is 0 Å². The number of hydrogen-bond acceptors (Lipinski definition) is 7. The topological polar surface area (TPSA) is 117 Å². The first-order valence-electron chi connectivity index (χ1n) is 10.7. The average molecular weight is 450 g/mol. The average Bonchev–Trinajstić information content (AvgIpc) is 2.85. The van der Waals surface area contributed by atoms with Gasteiger partial charge in [-0.15, -0.1) is 0 Å². The van der Waals surface area contributed by atoms with Crippen LogP contribution in [0.3, 0.4) is 0 Å². The molecule has 0 atom stereocenters. The maximum atomic E-state index is 13.5. The highest BCUT2D eigenvalue weighted by molar-refractivity contribution is 5.94. The number of ether oxygens (including phenoxy) is 2. The predicted octanol–water partition coefficient (Wildman–Crippen LogP) is 1.94. The number of rotatable bonds is 6. The zero-order valence-electron chi connectivity index (χ0n) is 18.6. The largest absolute Gasteiger partial charge is 0.497 e. The molecule has 1 saturated heterocycles. The Hall–Kier alpha value is -3.88. The fourth-order valence-corrected chi connectivity index (χ4v) is 4.12. The van der Waals surface area contributed by atoms with E-state index in [0.29, 0.717) is 54.9 Å². The summed E-state index contributed by atoms with van der Waals surface area (Å²) in [6.07, 6.45) is 1.18. The van der Waals surface area contributed by atoms with Gasteiger partial charge in [0.1, 0.15) is 5.75 Å². The van der Waals surface area contributed by atoms with E-state index in [-0.39, 0.29) is 17.4 Å². The summed E-state index contributed by atoms with van der Waals surface area (Å²) in [5.41, 5.74) is 6.93. The second-order valence-corrected chi connectivity index (χ2v) is 8.04. The number of piperidine rings is 1. The van der Waals surface area contributed by atoms with Crippen molar-refractivity contribution in [2.45, 2.75) is 19.4 Å². The molecule has 9 heteroatoms. The Morgan fingerprint density at radius 2 is 1.79 bits per heavy atom. The van der Waals surface area contributed by atoms with E-state index in [1.54, 1.807) is 29.9 Å². The number of methoxy groups -OCH3 is 2. The molecule has 1 aliphatic rings. The lowest BCUT2D eigenvalue weighted by atomic mass is 9.96. The van der Waals surface area contributed by atoms with Crippen molar-refractivity contribution in [3.63, 3.8) is 0 Å². The van der Waals surface area contributed by atoms with E-state index in [4.69, 9.17) is 20.2 Å². The van der Waals surface area contributed by atoms with Gasteiger partial charge in [0.15, 0.2) is 0 Å². The Bertz CT molecular complexity index is 1240. The van der Waals surface area contributed by atoms with Crippen molar-refractivity contribution in [1.82, 2.24) is 9.55 Å². The summed E-state index contributed by atoms with van der Waals surface area (Å²) >= 11 is 0. The molecule has 1 amide bonds. The molecule has 0 aliphatic carbocycles. The summed E-state index contributed by atoms with van der Waals surface area (Å²) in [4.78, 5) is 43.9. The second-order valence-electron chi connectivity index (χ2n) is 8.04. The molecule has 33 heavy (non-hydrogen) atoms. The van der Waals surface area contributed by atoms with Crippen LogP contribution in [0.4, 0.5) is 5.95 Å².